The van der Waals surface area contributed by atoms with Gasteiger partial charge < -0.3 is 10.0 Å². The largest absolute Gasteiger partial charge is 0.508 e. The quantitative estimate of drug-likeness (QED) is 0.906. The average molecular weight is 271 g/mol. The topological polar surface area (TPSA) is 23.5 Å². The highest BCUT2D eigenvalue weighted by Crippen LogP contribution is 2.48. The van der Waals surface area contributed by atoms with Crippen LogP contribution in [0.5, 0.6) is 5.75 Å². The Morgan fingerprint density at radius 1 is 1.20 bits per heavy atom. The summed E-state index contributed by atoms with van der Waals surface area (Å²) < 4.78 is 0. The fourth-order valence-corrected chi connectivity index (χ4v) is 4.08. The second-order valence-corrected chi connectivity index (χ2v) is 6.88. The zero-order chi connectivity index (χ0) is 14.3. The third-order valence-electron chi connectivity index (χ3n) is 4.85. The molecule has 1 saturated carbocycles. The molecule has 108 valence electrons. The third kappa shape index (κ3) is 2.62. The van der Waals surface area contributed by atoms with Crippen LogP contribution in [-0.2, 0) is 0 Å². The molecule has 0 aromatic heterocycles. The molecule has 1 aromatic rings. The zero-order valence-corrected chi connectivity index (χ0v) is 12.8. The van der Waals surface area contributed by atoms with E-state index in [1.807, 2.05) is 12.1 Å². The maximum Gasteiger partial charge on any atom is 0.116 e. The Kier molecular flexibility index (Phi) is 3.59. The fourth-order valence-electron chi connectivity index (χ4n) is 4.08. The molecule has 0 spiro atoms. The van der Waals surface area contributed by atoms with Gasteiger partial charge in [0, 0.05) is 6.54 Å². The second-order valence-electron chi connectivity index (χ2n) is 6.88. The maximum absolute atomic E-state index is 9.90. The van der Waals surface area contributed by atoms with E-state index in [4.69, 9.17) is 0 Å². The van der Waals surface area contributed by atoms with Gasteiger partial charge in [0.25, 0.3) is 0 Å². The van der Waals surface area contributed by atoms with Crippen LogP contribution in [0.1, 0.15) is 30.4 Å². The van der Waals surface area contributed by atoms with Crippen molar-refractivity contribution in [1.29, 1.82) is 0 Å². The molecule has 2 heteroatoms. The van der Waals surface area contributed by atoms with Gasteiger partial charge in [-0.3, -0.25) is 0 Å². The minimum Gasteiger partial charge on any atom is -0.508 e. The predicted octanol–water partition coefficient (Wildman–Crippen LogP) is 3.69. The lowest BCUT2D eigenvalue weighted by molar-refractivity contribution is 0.289. The van der Waals surface area contributed by atoms with Gasteiger partial charge >= 0.3 is 0 Å². The molecule has 3 rings (SSSR count). The minimum absolute atomic E-state index is 0.391. The van der Waals surface area contributed by atoms with Crippen molar-refractivity contribution in [2.75, 3.05) is 20.6 Å². The van der Waals surface area contributed by atoms with Crippen molar-refractivity contribution < 1.29 is 5.11 Å². The number of rotatable bonds is 3. The van der Waals surface area contributed by atoms with E-state index in [0.717, 1.165) is 23.9 Å². The van der Waals surface area contributed by atoms with Crippen molar-refractivity contribution in [3.63, 3.8) is 0 Å². The summed E-state index contributed by atoms with van der Waals surface area (Å²) in [5.41, 5.74) is 3.84. The first kappa shape index (κ1) is 13.7. The number of fused-ring (bicyclic) bond motifs is 2. The smallest absolute Gasteiger partial charge is 0.116 e. The van der Waals surface area contributed by atoms with Crippen molar-refractivity contribution in [1.82, 2.24) is 4.90 Å². The van der Waals surface area contributed by atoms with Crippen LogP contribution in [0.3, 0.4) is 0 Å². The van der Waals surface area contributed by atoms with Crippen LogP contribution in [0.2, 0.25) is 0 Å². The van der Waals surface area contributed by atoms with E-state index in [1.54, 1.807) is 0 Å². The van der Waals surface area contributed by atoms with Crippen molar-refractivity contribution in [3.8, 4) is 5.75 Å². The summed E-state index contributed by atoms with van der Waals surface area (Å²) in [5.74, 6) is 2.59. The van der Waals surface area contributed by atoms with Gasteiger partial charge in [0.2, 0.25) is 0 Å². The van der Waals surface area contributed by atoms with Gasteiger partial charge in [0.1, 0.15) is 5.75 Å². The van der Waals surface area contributed by atoms with Gasteiger partial charge in [-0.1, -0.05) is 12.1 Å². The van der Waals surface area contributed by atoms with E-state index in [0.29, 0.717) is 11.7 Å². The molecule has 2 aliphatic carbocycles. The average Bonchev–Trinajstić information content (AvgIpc) is 2.74. The van der Waals surface area contributed by atoms with Crippen molar-refractivity contribution >= 4 is 5.57 Å². The molecule has 0 saturated heterocycles. The minimum atomic E-state index is 0.391. The summed E-state index contributed by atoms with van der Waals surface area (Å²) in [6, 6.07) is 5.99. The molecule has 0 aliphatic heterocycles. The van der Waals surface area contributed by atoms with Gasteiger partial charge in [-0.2, -0.15) is 0 Å². The number of nitrogens with zero attached hydrogens (tertiary/aromatic N) is 1. The summed E-state index contributed by atoms with van der Waals surface area (Å²) in [4.78, 5) is 2.30. The maximum atomic E-state index is 9.90. The van der Waals surface area contributed by atoms with Crippen LogP contribution in [0.4, 0.5) is 0 Å². The highest BCUT2D eigenvalue weighted by atomic mass is 16.3. The van der Waals surface area contributed by atoms with Crippen LogP contribution in [0, 0.1) is 24.7 Å². The number of aryl methyl sites for hydroxylation is 1. The van der Waals surface area contributed by atoms with Gasteiger partial charge in [0.15, 0.2) is 0 Å². The molecule has 3 atom stereocenters. The highest BCUT2D eigenvalue weighted by molar-refractivity contribution is 5.71. The van der Waals surface area contributed by atoms with E-state index in [1.165, 1.54) is 30.4 Å². The SMILES string of the molecule is Cc1cc(O)cc(C2=C[C@H]3CC[C@@H](C3)[C@@H]2CN(C)C)c1. The molecule has 0 unspecified atom stereocenters. The van der Waals surface area contributed by atoms with Crippen molar-refractivity contribution in [2.24, 2.45) is 17.8 Å². The van der Waals surface area contributed by atoms with E-state index >= 15 is 0 Å². The zero-order valence-electron chi connectivity index (χ0n) is 12.8. The Balaban J connectivity index is 1.99. The first-order chi connectivity index (χ1) is 9.52. The first-order valence-electron chi connectivity index (χ1n) is 7.70. The van der Waals surface area contributed by atoms with E-state index < -0.39 is 0 Å². The summed E-state index contributed by atoms with van der Waals surface area (Å²) in [6.45, 7) is 3.17. The second kappa shape index (κ2) is 5.25. The van der Waals surface area contributed by atoms with Crippen LogP contribution < -0.4 is 0 Å². The molecular formula is C18H25NO. The monoisotopic (exact) mass is 271 g/mol. The van der Waals surface area contributed by atoms with Gasteiger partial charge in [-0.25, -0.2) is 0 Å². The Bertz CT molecular complexity index is 512. The number of aromatic hydroxyl groups is 1. The number of allylic oxidation sites excluding steroid dienone is 1. The molecule has 0 heterocycles. The molecule has 20 heavy (non-hydrogen) atoms. The molecule has 2 bridgehead atoms. The first-order valence-corrected chi connectivity index (χ1v) is 7.70. The number of benzene rings is 1. The van der Waals surface area contributed by atoms with Gasteiger partial charge in [-0.05, 0) is 86.9 Å². The Morgan fingerprint density at radius 3 is 2.70 bits per heavy atom. The normalized spacial score (nSPS) is 28.8. The number of phenols is 1. The van der Waals surface area contributed by atoms with Crippen LogP contribution in [-0.4, -0.2) is 30.6 Å². The summed E-state index contributed by atoms with van der Waals surface area (Å²) >= 11 is 0. The number of phenolic OH excluding ortho intramolecular Hbond substituents is 1. The lowest BCUT2D eigenvalue weighted by Gasteiger charge is -2.33. The Morgan fingerprint density at radius 2 is 2.00 bits per heavy atom. The molecule has 2 aliphatic rings. The molecule has 0 amide bonds. The summed E-state index contributed by atoms with van der Waals surface area (Å²) in [5, 5.41) is 9.90. The van der Waals surface area contributed by atoms with Crippen molar-refractivity contribution in [2.45, 2.75) is 26.2 Å². The third-order valence-corrected chi connectivity index (χ3v) is 4.85. The van der Waals surface area contributed by atoms with E-state index in [9.17, 15) is 5.11 Å². The van der Waals surface area contributed by atoms with E-state index in [2.05, 4.69) is 38.1 Å². The highest BCUT2D eigenvalue weighted by Gasteiger charge is 2.37. The number of hydrogen-bond acceptors (Lipinski definition) is 2. The predicted molar refractivity (Wildman–Crippen MR) is 83.7 cm³/mol. The molecule has 0 radical (unpaired) electrons. The van der Waals surface area contributed by atoms with E-state index in [-0.39, 0.29) is 0 Å². The number of hydrogen-bond donors (Lipinski definition) is 1. The standard InChI is InChI=1S/C18H25NO/c1-12-6-15(10-16(20)7-12)17-9-13-4-5-14(8-13)18(17)11-19(2)3/h6-7,9-10,13-14,18,20H,4-5,8,11H2,1-3H3/t13-,14-,18-/m0/s1. The lowest BCUT2D eigenvalue weighted by Crippen LogP contribution is -2.29. The van der Waals surface area contributed by atoms with Crippen molar-refractivity contribution in [3.05, 3.63) is 35.4 Å². The fraction of sp³-hybridized carbons (Fsp3) is 0.556. The molecule has 1 N–H and O–H groups in total. The lowest BCUT2D eigenvalue weighted by atomic mass is 9.76. The molecular weight excluding hydrogens is 246 g/mol. The Hall–Kier alpha value is -1.28. The van der Waals surface area contributed by atoms with Crippen LogP contribution in [0.15, 0.2) is 24.3 Å². The van der Waals surface area contributed by atoms with Crippen LogP contribution in [0.25, 0.3) is 5.57 Å². The molecule has 1 aromatic carbocycles. The van der Waals surface area contributed by atoms with Gasteiger partial charge in [0.05, 0.1) is 0 Å². The molecule has 2 nitrogen and oxygen atoms in total. The Labute approximate surface area is 122 Å². The van der Waals surface area contributed by atoms with Gasteiger partial charge in [-0.15, -0.1) is 0 Å². The van der Waals surface area contributed by atoms with Crippen LogP contribution >= 0.6 is 0 Å². The summed E-state index contributed by atoms with van der Waals surface area (Å²) in [7, 11) is 4.32. The molecule has 1 fully saturated rings. The summed E-state index contributed by atoms with van der Waals surface area (Å²) in [6.07, 6.45) is 6.56.